The van der Waals surface area contributed by atoms with Crippen molar-refractivity contribution >= 4 is 21.4 Å². The molecule has 0 aliphatic heterocycles. The first-order valence-corrected chi connectivity index (χ1v) is 14.3. The van der Waals surface area contributed by atoms with E-state index in [2.05, 4.69) is 37.7 Å². The van der Waals surface area contributed by atoms with Gasteiger partial charge in [0.05, 0.1) is 12.3 Å². The number of benzene rings is 3. The van der Waals surface area contributed by atoms with Gasteiger partial charge in [0.15, 0.2) is 5.82 Å². The van der Waals surface area contributed by atoms with E-state index in [1.807, 2.05) is 48.5 Å². The van der Waals surface area contributed by atoms with Crippen molar-refractivity contribution in [2.24, 2.45) is 0 Å². The van der Waals surface area contributed by atoms with Crippen LogP contribution in [0.1, 0.15) is 36.7 Å². The Labute approximate surface area is 225 Å². The van der Waals surface area contributed by atoms with Gasteiger partial charge in [0.25, 0.3) is 0 Å². The summed E-state index contributed by atoms with van der Waals surface area (Å²) in [5, 5.41) is 23.4. The zero-order valence-corrected chi connectivity index (χ0v) is 22.3. The number of unbranched alkanes of at least 4 members (excludes halogenated alkanes) is 1. The lowest BCUT2D eigenvalue weighted by Gasteiger charge is -2.14. The SMILES string of the molecule is CCCCc1nnc(S(=O)(=O)Cc2ccc(Cl)cc2)n1Cc1ccc(-c2ccccc2)c(-c2nnn[nH]2)c1. The molecule has 2 heterocycles. The van der Waals surface area contributed by atoms with Gasteiger partial charge in [-0.2, -0.15) is 0 Å². The van der Waals surface area contributed by atoms with E-state index in [1.54, 1.807) is 28.8 Å². The third kappa shape index (κ3) is 5.66. The smallest absolute Gasteiger partial charge is 0.250 e. The fraction of sp³-hybridized carbons (Fsp3) is 0.222. The molecular weight excluding hydrogens is 522 g/mol. The largest absolute Gasteiger partial charge is 0.297 e. The normalized spacial score (nSPS) is 11.6. The molecule has 0 spiro atoms. The number of tetrazole rings is 1. The number of aromatic nitrogens is 7. The number of aryl methyl sites for hydroxylation is 1. The molecule has 0 radical (unpaired) electrons. The topological polar surface area (TPSA) is 119 Å². The Hall–Kier alpha value is -3.89. The molecule has 0 saturated heterocycles. The average Bonchev–Trinajstić information content (AvgIpc) is 3.60. The van der Waals surface area contributed by atoms with Gasteiger partial charge >= 0.3 is 0 Å². The second-order valence-corrected chi connectivity index (χ2v) is 11.3. The highest BCUT2D eigenvalue weighted by atomic mass is 35.5. The van der Waals surface area contributed by atoms with Crippen LogP contribution in [0, 0.1) is 0 Å². The summed E-state index contributed by atoms with van der Waals surface area (Å²) in [7, 11) is -3.78. The first-order valence-electron chi connectivity index (χ1n) is 12.3. The number of hydrogen-bond donors (Lipinski definition) is 1. The van der Waals surface area contributed by atoms with Crippen LogP contribution in [0.25, 0.3) is 22.5 Å². The number of nitrogens with one attached hydrogen (secondary N) is 1. The second kappa shape index (κ2) is 11.2. The van der Waals surface area contributed by atoms with E-state index in [-0.39, 0.29) is 17.5 Å². The van der Waals surface area contributed by atoms with E-state index in [4.69, 9.17) is 11.6 Å². The van der Waals surface area contributed by atoms with Crippen molar-refractivity contribution < 1.29 is 8.42 Å². The number of sulfone groups is 1. The Morgan fingerprint density at radius 3 is 2.37 bits per heavy atom. The number of rotatable bonds is 10. The number of nitrogens with zero attached hydrogens (tertiary/aromatic N) is 6. The van der Waals surface area contributed by atoms with Crippen LogP contribution in [0.5, 0.6) is 0 Å². The van der Waals surface area contributed by atoms with Gasteiger partial charge in [-0.15, -0.1) is 15.3 Å². The second-order valence-electron chi connectivity index (χ2n) is 8.97. The minimum atomic E-state index is -3.78. The molecule has 0 unspecified atom stereocenters. The highest BCUT2D eigenvalue weighted by Gasteiger charge is 2.26. The highest BCUT2D eigenvalue weighted by molar-refractivity contribution is 7.90. The van der Waals surface area contributed by atoms with Crippen molar-refractivity contribution in [2.45, 2.75) is 43.6 Å². The lowest BCUT2D eigenvalue weighted by molar-refractivity contribution is 0.565. The molecule has 194 valence electrons. The molecule has 0 amide bonds. The van der Waals surface area contributed by atoms with Crippen LogP contribution in [0.15, 0.2) is 78.0 Å². The van der Waals surface area contributed by atoms with E-state index in [0.717, 1.165) is 35.1 Å². The molecule has 0 saturated carbocycles. The number of halogens is 1. The van der Waals surface area contributed by atoms with Gasteiger partial charge in [0, 0.05) is 17.0 Å². The van der Waals surface area contributed by atoms with Crippen molar-refractivity contribution in [1.82, 2.24) is 35.4 Å². The van der Waals surface area contributed by atoms with Crippen molar-refractivity contribution in [3.05, 3.63) is 94.8 Å². The van der Waals surface area contributed by atoms with Crippen LogP contribution in [0.3, 0.4) is 0 Å². The van der Waals surface area contributed by atoms with Gasteiger partial charge in [-0.3, -0.25) is 4.57 Å². The number of hydrogen-bond acceptors (Lipinski definition) is 7. The van der Waals surface area contributed by atoms with Gasteiger partial charge in [-0.25, -0.2) is 13.5 Å². The lowest BCUT2D eigenvalue weighted by atomic mass is 9.97. The van der Waals surface area contributed by atoms with Gasteiger partial charge in [0.1, 0.15) is 5.82 Å². The Morgan fingerprint density at radius 2 is 1.66 bits per heavy atom. The molecular formula is C27H26ClN7O2S. The summed E-state index contributed by atoms with van der Waals surface area (Å²) in [4.78, 5) is 0. The summed E-state index contributed by atoms with van der Waals surface area (Å²) in [5.41, 5.74) is 4.29. The molecule has 0 bridgehead atoms. The van der Waals surface area contributed by atoms with Crippen molar-refractivity contribution in [1.29, 1.82) is 0 Å². The summed E-state index contributed by atoms with van der Waals surface area (Å²) >= 11 is 5.98. The van der Waals surface area contributed by atoms with E-state index < -0.39 is 9.84 Å². The molecule has 38 heavy (non-hydrogen) atoms. The minimum absolute atomic E-state index is 0.0476. The molecule has 0 atom stereocenters. The van der Waals surface area contributed by atoms with Crippen molar-refractivity contribution in [3.8, 4) is 22.5 Å². The van der Waals surface area contributed by atoms with Crippen LogP contribution in [-0.2, 0) is 28.6 Å². The maximum Gasteiger partial charge on any atom is 0.250 e. The Morgan fingerprint density at radius 1 is 0.895 bits per heavy atom. The Balaban J connectivity index is 1.54. The van der Waals surface area contributed by atoms with Crippen LogP contribution in [-0.4, -0.2) is 43.8 Å². The molecule has 0 aliphatic carbocycles. The monoisotopic (exact) mass is 547 g/mol. The first kappa shape index (κ1) is 25.7. The quantitative estimate of drug-likeness (QED) is 0.257. The fourth-order valence-corrected chi connectivity index (χ4v) is 5.86. The molecule has 0 fully saturated rings. The summed E-state index contributed by atoms with van der Waals surface area (Å²) in [6.07, 6.45) is 2.45. The maximum absolute atomic E-state index is 13.5. The van der Waals surface area contributed by atoms with E-state index in [1.165, 1.54) is 0 Å². The summed E-state index contributed by atoms with van der Waals surface area (Å²) in [6, 6.07) is 22.7. The molecule has 11 heteroatoms. The van der Waals surface area contributed by atoms with Crippen LogP contribution in [0.2, 0.25) is 5.02 Å². The molecule has 2 aromatic heterocycles. The van der Waals surface area contributed by atoms with Crippen LogP contribution >= 0.6 is 11.6 Å². The first-order chi connectivity index (χ1) is 18.4. The van der Waals surface area contributed by atoms with Crippen molar-refractivity contribution in [2.75, 3.05) is 0 Å². The molecule has 5 aromatic rings. The predicted molar refractivity (Wildman–Crippen MR) is 145 cm³/mol. The third-order valence-corrected chi connectivity index (χ3v) is 8.03. The van der Waals surface area contributed by atoms with Crippen LogP contribution < -0.4 is 0 Å². The summed E-state index contributed by atoms with van der Waals surface area (Å²) < 4.78 is 28.7. The minimum Gasteiger partial charge on any atom is -0.297 e. The van der Waals surface area contributed by atoms with Crippen LogP contribution in [0.4, 0.5) is 0 Å². The highest BCUT2D eigenvalue weighted by Crippen LogP contribution is 2.31. The maximum atomic E-state index is 13.5. The Bertz CT molecular complexity index is 1620. The molecule has 9 nitrogen and oxygen atoms in total. The standard InChI is InChI=1S/C27H26ClN7O2S/c1-2-3-9-25-29-32-27(38(36,37)18-19-10-13-22(28)14-11-19)35(25)17-20-12-15-23(21-7-5-4-6-8-21)24(16-20)26-30-33-34-31-26/h4-8,10-16H,2-3,9,17-18H2,1H3,(H,30,31,33,34). The van der Waals surface area contributed by atoms with Crippen molar-refractivity contribution in [3.63, 3.8) is 0 Å². The number of aromatic amines is 1. The molecule has 3 aromatic carbocycles. The van der Waals surface area contributed by atoms with E-state index >= 15 is 0 Å². The lowest BCUT2D eigenvalue weighted by Crippen LogP contribution is -2.16. The molecule has 5 rings (SSSR count). The molecule has 0 aliphatic rings. The van der Waals surface area contributed by atoms with E-state index in [9.17, 15) is 8.42 Å². The Kier molecular flexibility index (Phi) is 7.62. The van der Waals surface area contributed by atoms with E-state index in [0.29, 0.717) is 28.7 Å². The summed E-state index contributed by atoms with van der Waals surface area (Å²) in [5.74, 6) is 0.964. The zero-order chi connectivity index (χ0) is 26.5. The predicted octanol–water partition coefficient (Wildman–Crippen LogP) is 5.14. The third-order valence-electron chi connectivity index (χ3n) is 6.21. The molecule has 1 N–H and O–H groups in total. The summed E-state index contributed by atoms with van der Waals surface area (Å²) in [6.45, 7) is 2.36. The van der Waals surface area contributed by atoms with Gasteiger partial charge < -0.3 is 0 Å². The fourth-order valence-electron chi connectivity index (χ4n) is 4.30. The van der Waals surface area contributed by atoms with Gasteiger partial charge in [-0.1, -0.05) is 79.5 Å². The van der Waals surface area contributed by atoms with Gasteiger partial charge in [-0.05, 0) is 57.3 Å². The number of H-pyrrole nitrogens is 1. The zero-order valence-electron chi connectivity index (χ0n) is 20.7. The average molecular weight is 548 g/mol. The van der Waals surface area contributed by atoms with Gasteiger partial charge in [0.2, 0.25) is 15.0 Å².